The zero-order valence-electron chi connectivity index (χ0n) is 12.6. The second-order valence-electron chi connectivity index (χ2n) is 5.95. The Labute approximate surface area is 125 Å². The Hall–Kier alpha value is -1.49. The zero-order chi connectivity index (χ0) is 16.3. The van der Waals surface area contributed by atoms with E-state index in [-0.39, 0.29) is 16.9 Å². The molecule has 0 aliphatic rings. The van der Waals surface area contributed by atoms with Gasteiger partial charge in [-0.3, -0.25) is 0 Å². The first-order chi connectivity index (χ1) is 9.59. The molecule has 1 N–H and O–H groups in total. The van der Waals surface area contributed by atoms with Crippen LogP contribution in [0.25, 0.3) is 0 Å². The maximum atomic E-state index is 13.5. The Balaban J connectivity index is 2.99. The minimum atomic E-state index is -3.93. The van der Waals surface area contributed by atoms with E-state index in [9.17, 15) is 12.8 Å². The van der Waals surface area contributed by atoms with Crippen LogP contribution in [0.5, 0.6) is 0 Å². The van der Waals surface area contributed by atoms with Crippen LogP contribution >= 0.6 is 0 Å². The molecule has 0 atom stereocenters. The Morgan fingerprint density at radius 1 is 1.38 bits per heavy atom. The van der Waals surface area contributed by atoms with E-state index in [4.69, 9.17) is 5.26 Å². The lowest BCUT2D eigenvalue weighted by Crippen LogP contribution is -2.40. The van der Waals surface area contributed by atoms with Gasteiger partial charge in [0.2, 0.25) is 10.0 Å². The van der Waals surface area contributed by atoms with Crippen LogP contribution in [0, 0.1) is 22.6 Å². The molecule has 5 nitrogen and oxygen atoms in total. The second kappa shape index (κ2) is 6.52. The van der Waals surface area contributed by atoms with Crippen LogP contribution in [0.3, 0.4) is 0 Å². The molecule has 1 aromatic carbocycles. The Kier molecular flexibility index (Phi) is 5.45. The summed E-state index contributed by atoms with van der Waals surface area (Å²) in [5.41, 5.74) is -0.758. The van der Waals surface area contributed by atoms with E-state index >= 15 is 0 Å². The number of nitrogens with zero attached hydrogens (tertiary/aromatic N) is 2. The van der Waals surface area contributed by atoms with Gasteiger partial charge in [0, 0.05) is 13.1 Å². The topological polar surface area (TPSA) is 73.2 Å². The summed E-state index contributed by atoms with van der Waals surface area (Å²) in [7, 11) is -0.127. The van der Waals surface area contributed by atoms with E-state index in [1.807, 2.05) is 32.8 Å². The van der Waals surface area contributed by atoms with Gasteiger partial charge >= 0.3 is 0 Å². The summed E-state index contributed by atoms with van der Waals surface area (Å²) in [5, 5.41) is 8.92. The van der Waals surface area contributed by atoms with Gasteiger partial charge in [0.15, 0.2) is 0 Å². The average molecular weight is 313 g/mol. The zero-order valence-corrected chi connectivity index (χ0v) is 13.5. The van der Waals surface area contributed by atoms with Gasteiger partial charge in [-0.05, 0) is 31.6 Å². The fourth-order valence-electron chi connectivity index (χ4n) is 2.12. The molecule has 116 valence electrons. The molecule has 1 rings (SSSR count). The number of nitrogens with one attached hydrogen (secondary N) is 1. The van der Waals surface area contributed by atoms with Crippen molar-refractivity contribution in [3.8, 4) is 6.07 Å². The number of halogens is 1. The van der Waals surface area contributed by atoms with Crippen LogP contribution in [0.2, 0.25) is 0 Å². The summed E-state index contributed by atoms with van der Waals surface area (Å²) in [6.07, 6.45) is 0. The monoisotopic (exact) mass is 313 g/mol. The summed E-state index contributed by atoms with van der Waals surface area (Å²) in [6, 6.07) is 5.16. The van der Waals surface area contributed by atoms with E-state index < -0.39 is 21.4 Å². The number of hydrogen-bond acceptors (Lipinski definition) is 4. The number of rotatable bonds is 6. The highest BCUT2D eigenvalue weighted by Crippen LogP contribution is 2.20. The van der Waals surface area contributed by atoms with E-state index in [1.54, 1.807) is 6.07 Å². The Morgan fingerprint density at radius 2 is 2.00 bits per heavy atom. The van der Waals surface area contributed by atoms with Crippen molar-refractivity contribution in [3.05, 3.63) is 29.6 Å². The van der Waals surface area contributed by atoms with Crippen molar-refractivity contribution in [2.24, 2.45) is 5.41 Å². The van der Waals surface area contributed by atoms with Crippen molar-refractivity contribution < 1.29 is 12.8 Å². The van der Waals surface area contributed by atoms with Crippen LogP contribution < -0.4 is 4.72 Å². The first-order valence-corrected chi connectivity index (χ1v) is 7.90. The summed E-state index contributed by atoms with van der Waals surface area (Å²) in [4.78, 5) is 1.63. The minimum Gasteiger partial charge on any atom is -0.309 e. The van der Waals surface area contributed by atoms with Crippen LogP contribution in [0.15, 0.2) is 23.1 Å². The third-order valence-electron chi connectivity index (χ3n) is 2.86. The SMILES string of the molecule is CN(C)CC(C)(C)CNS(=O)(=O)c1cccc(F)c1C#N. The minimum absolute atomic E-state index is 0.189. The van der Waals surface area contributed by atoms with Crippen molar-refractivity contribution in [2.45, 2.75) is 18.7 Å². The number of benzene rings is 1. The molecule has 21 heavy (non-hydrogen) atoms. The Morgan fingerprint density at radius 3 is 2.52 bits per heavy atom. The number of nitriles is 1. The first-order valence-electron chi connectivity index (χ1n) is 6.42. The Bertz CT molecular complexity index is 649. The van der Waals surface area contributed by atoms with Crippen LogP contribution in [0.1, 0.15) is 19.4 Å². The molecule has 0 saturated carbocycles. The van der Waals surface area contributed by atoms with Gasteiger partial charge in [0.25, 0.3) is 0 Å². The van der Waals surface area contributed by atoms with E-state index in [2.05, 4.69) is 4.72 Å². The standard InChI is InChI=1S/C14H20FN3O2S/c1-14(2,10-18(3)4)9-17-21(19,20)13-7-5-6-12(15)11(13)8-16/h5-7,17H,9-10H2,1-4H3. The molecule has 0 spiro atoms. The lowest BCUT2D eigenvalue weighted by atomic mass is 9.93. The van der Waals surface area contributed by atoms with Gasteiger partial charge in [0.05, 0.1) is 0 Å². The molecule has 0 aliphatic heterocycles. The van der Waals surface area contributed by atoms with E-state index in [0.29, 0.717) is 6.54 Å². The van der Waals surface area contributed by atoms with Gasteiger partial charge in [-0.15, -0.1) is 0 Å². The van der Waals surface area contributed by atoms with Crippen LogP contribution in [-0.4, -0.2) is 40.5 Å². The summed E-state index contributed by atoms with van der Waals surface area (Å²) < 4.78 is 40.5. The van der Waals surface area contributed by atoms with Crippen molar-refractivity contribution in [3.63, 3.8) is 0 Å². The van der Waals surface area contributed by atoms with Crippen molar-refractivity contribution in [1.82, 2.24) is 9.62 Å². The molecule has 0 fully saturated rings. The highest BCUT2D eigenvalue weighted by atomic mass is 32.2. The summed E-state index contributed by atoms with van der Waals surface area (Å²) in [6.45, 7) is 4.72. The van der Waals surface area contributed by atoms with Gasteiger partial charge in [-0.25, -0.2) is 17.5 Å². The maximum absolute atomic E-state index is 13.5. The largest absolute Gasteiger partial charge is 0.309 e. The molecular weight excluding hydrogens is 293 g/mol. The van der Waals surface area contributed by atoms with Crippen molar-refractivity contribution >= 4 is 10.0 Å². The highest BCUT2D eigenvalue weighted by Gasteiger charge is 2.25. The van der Waals surface area contributed by atoms with Crippen molar-refractivity contribution in [1.29, 1.82) is 5.26 Å². The third-order valence-corrected chi connectivity index (χ3v) is 4.31. The molecule has 0 saturated heterocycles. The number of sulfonamides is 1. The predicted octanol–water partition coefficient (Wildman–Crippen LogP) is 1.56. The average Bonchev–Trinajstić information content (AvgIpc) is 2.35. The van der Waals surface area contributed by atoms with Gasteiger partial charge in [-0.2, -0.15) is 5.26 Å². The molecule has 0 aromatic heterocycles. The smallest absolute Gasteiger partial charge is 0.242 e. The normalized spacial score (nSPS) is 12.4. The van der Waals surface area contributed by atoms with Crippen LogP contribution in [0.4, 0.5) is 4.39 Å². The van der Waals surface area contributed by atoms with Crippen LogP contribution in [-0.2, 0) is 10.0 Å². The second-order valence-corrected chi connectivity index (χ2v) is 7.69. The summed E-state index contributed by atoms with van der Waals surface area (Å²) >= 11 is 0. The molecular formula is C14H20FN3O2S. The predicted molar refractivity (Wildman–Crippen MR) is 78.6 cm³/mol. The van der Waals surface area contributed by atoms with Crippen molar-refractivity contribution in [2.75, 3.05) is 27.2 Å². The highest BCUT2D eigenvalue weighted by molar-refractivity contribution is 7.89. The molecule has 0 unspecified atom stereocenters. The fraction of sp³-hybridized carbons (Fsp3) is 0.500. The molecule has 0 aliphatic carbocycles. The third kappa shape index (κ3) is 4.77. The fourth-order valence-corrected chi connectivity index (χ4v) is 3.52. The maximum Gasteiger partial charge on any atom is 0.242 e. The van der Waals surface area contributed by atoms with Gasteiger partial charge < -0.3 is 4.90 Å². The van der Waals surface area contributed by atoms with Gasteiger partial charge in [-0.1, -0.05) is 19.9 Å². The molecule has 0 bridgehead atoms. The van der Waals surface area contributed by atoms with Gasteiger partial charge in [0.1, 0.15) is 22.3 Å². The number of hydrogen-bond donors (Lipinski definition) is 1. The molecule has 0 heterocycles. The quantitative estimate of drug-likeness (QED) is 0.865. The molecule has 0 amide bonds. The molecule has 1 aromatic rings. The first kappa shape index (κ1) is 17.6. The lowest BCUT2D eigenvalue weighted by molar-refractivity contribution is 0.242. The molecule has 0 radical (unpaired) electrons. The molecule has 7 heteroatoms. The lowest BCUT2D eigenvalue weighted by Gasteiger charge is -2.28. The van der Waals surface area contributed by atoms with E-state index in [1.165, 1.54) is 12.1 Å². The summed E-state index contributed by atoms with van der Waals surface area (Å²) in [5.74, 6) is -0.840. The van der Waals surface area contributed by atoms with E-state index in [0.717, 1.165) is 6.07 Å².